The van der Waals surface area contributed by atoms with Crippen molar-refractivity contribution in [2.45, 2.75) is 37.8 Å². The van der Waals surface area contributed by atoms with Gasteiger partial charge in [-0.2, -0.15) is 4.98 Å². The molecule has 8 heteroatoms. The predicted octanol–water partition coefficient (Wildman–Crippen LogP) is 3.90. The minimum Gasteiger partial charge on any atom is -0.362 e. The fourth-order valence-electron chi connectivity index (χ4n) is 4.66. The highest BCUT2D eigenvalue weighted by atomic mass is 16.2. The zero-order valence-electron chi connectivity index (χ0n) is 19.3. The number of fused-ring (bicyclic) bond motifs is 2. The molecule has 174 valence electrons. The Bertz CT molecular complexity index is 1350. The Morgan fingerprint density at radius 1 is 0.912 bits per heavy atom. The lowest BCUT2D eigenvalue weighted by Gasteiger charge is -2.29. The van der Waals surface area contributed by atoms with Crippen molar-refractivity contribution in [3.05, 3.63) is 60.3 Å². The van der Waals surface area contributed by atoms with Crippen molar-refractivity contribution in [3.8, 4) is 0 Å². The van der Waals surface area contributed by atoms with Gasteiger partial charge in [-0.25, -0.2) is 4.98 Å². The molecule has 0 spiro atoms. The summed E-state index contributed by atoms with van der Waals surface area (Å²) in [5.41, 5.74) is 2.16. The average Bonchev–Trinajstić information content (AvgIpc) is 3.28. The molecule has 1 aliphatic carbocycles. The number of hydrogen-bond acceptors (Lipinski definition) is 6. The second-order valence-electron chi connectivity index (χ2n) is 9.03. The fraction of sp³-hybridized carbons (Fsp3) is 0.308. The molecule has 1 saturated carbocycles. The summed E-state index contributed by atoms with van der Waals surface area (Å²) in [6, 6.07) is 15.7. The van der Waals surface area contributed by atoms with Crippen LogP contribution in [0.15, 0.2) is 54.7 Å². The number of aromatic nitrogens is 3. The zero-order chi connectivity index (χ0) is 23.7. The average molecular weight is 457 g/mol. The Morgan fingerprint density at radius 3 is 2.35 bits per heavy atom. The van der Waals surface area contributed by atoms with E-state index >= 15 is 0 Å². The number of nitrogens with zero attached hydrogens (tertiary/aromatic N) is 3. The largest absolute Gasteiger partial charge is 0.362 e. The summed E-state index contributed by atoms with van der Waals surface area (Å²) in [4.78, 5) is 39.8. The first-order chi connectivity index (χ1) is 16.5. The maximum atomic E-state index is 12.7. The minimum absolute atomic E-state index is 0.0189. The van der Waals surface area contributed by atoms with Crippen LogP contribution in [-0.2, 0) is 4.79 Å². The summed E-state index contributed by atoms with van der Waals surface area (Å²) in [6.07, 6.45) is 4.91. The van der Waals surface area contributed by atoms with E-state index in [2.05, 4.69) is 15.6 Å². The SMILES string of the molecule is CN(C)c1nc(NC2CCC(NC(=O)C(=O)c3c[nH]c4ccccc34)CC2)nc2ccccc12. The molecule has 0 bridgehead atoms. The van der Waals surface area contributed by atoms with E-state index in [1.165, 1.54) is 0 Å². The first kappa shape index (κ1) is 21.9. The van der Waals surface area contributed by atoms with Gasteiger partial charge in [-0.1, -0.05) is 30.3 Å². The van der Waals surface area contributed by atoms with Crippen LogP contribution in [-0.4, -0.2) is 52.8 Å². The van der Waals surface area contributed by atoms with Gasteiger partial charge >= 0.3 is 0 Å². The molecule has 2 heterocycles. The highest BCUT2D eigenvalue weighted by Crippen LogP contribution is 2.26. The molecule has 0 radical (unpaired) electrons. The van der Waals surface area contributed by atoms with E-state index in [-0.39, 0.29) is 12.1 Å². The molecule has 1 amide bonds. The monoisotopic (exact) mass is 456 g/mol. The number of amides is 1. The molecule has 34 heavy (non-hydrogen) atoms. The van der Waals surface area contributed by atoms with Crippen molar-refractivity contribution in [1.29, 1.82) is 0 Å². The van der Waals surface area contributed by atoms with Crippen LogP contribution in [0.25, 0.3) is 21.8 Å². The molecular formula is C26H28N6O2. The van der Waals surface area contributed by atoms with E-state index in [9.17, 15) is 9.59 Å². The Labute approximate surface area is 197 Å². The Kier molecular flexibility index (Phi) is 5.88. The topological polar surface area (TPSA) is 103 Å². The van der Waals surface area contributed by atoms with Crippen LogP contribution in [0.1, 0.15) is 36.0 Å². The number of Topliss-reactive ketones (excluding diaryl/α,β-unsaturated/α-hetero) is 1. The lowest BCUT2D eigenvalue weighted by molar-refractivity contribution is -0.117. The number of aromatic amines is 1. The maximum absolute atomic E-state index is 12.7. The van der Waals surface area contributed by atoms with E-state index in [4.69, 9.17) is 9.97 Å². The number of H-pyrrole nitrogens is 1. The molecule has 2 aromatic heterocycles. The summed E-state index contributed by atoms with van der Waals surface area (Å²) >= 11 is 0. The third kappa shape index (κ3) is 4.31. The van der Waals surface area contributed by atoms with E-state index in [1.54, 1.807) is 6.20 Å². The number of carbonyl (C=O) groups excluding carboxylic acids is 2. The van der Waals surface area contributed by atoms with Gasteiger partial charge in [0.2, 0.25) is 5.95 Å². The Balaban J connectivity index is 1.20. The van der Waals surface area contributed by atoms with Crippen molar-refractivity contribution in [3.63, 3.8) is 0 Å². The number of anilines is 2. The van der Waals surface area contributed by atoms with Crippen LogP contribution in [0.5, 0.6) is 0 Å². The van der Waals surface area contributed by atoms with Crippen molar-refractivity contribution in [2.75, 3.05) is 24.3 Å². The number of rotatable bonds is 6. The summed E-state index contributed by atoms with van der Waals surface area (Å²) in [6.45, 7) is 0. The number of nitrogens with one attached hydrogen (secondary N) is 3. The quantitative estimate of drug-likeness (QED) is 0.300. The Hall–Kier alpha value is -3.94. The molecule has 5 rings (SSSR count). The lowest BCUT2D eigenvalue weighted by atomic mass is 9.91. The van der Waals surface area contributed by atoms with Crippen molar-refractivity contribution in [1.82, 2.24) is 20.3 Å². The summed E-state index contributed by atoms with van der Waals surface area (Å²) in [5.74, 6) is 0.447. The molecule has 1 fully saturated rings. The summed E-state index contributed by atoms with van der Waals surface area (Å²) in [7, 11) is 3.95. The molecule has 3 N–H and O–H groups in total. The second-order valence-corrected chi connectivity index (χ2v) is 9.03. The molecule has 0 saturated heterocycles. The van der Waals surface area contributed by atoms with Gasteiger partial charge in [0, 0.05) is 48.7 Å². The molecule has 0 atom stereocenters. The van der Waals surface area contributed by atoms with Gasteiger partial charge in [0.1, 0.15) is 5.82 Å². The zero-order valence-corrected chi connectivity index (χ0v) is 19.3. The van der Waals surface area contributed by atoms with E-state index in [0.29, 0.717) is 11.5 Å². The van der Waals surface area contributed by atoms with Gasteiger partial charge in [-0.3, -0.25) is 9.59 Å². The van der Waals surface area contributed by atoms with Gasteiger partial charge in [0.05, 0.1) is 11.1 Å². The first-order valence-corrected chi connectivity index (χ1v) is 11.6. The van der Waals surface area contributed by atoms with Crippen LogP contribution in [0.4, 0.5) is 11.8 Å². The van der Waals surface area contributed by atoms with Crippen LogP contribution in [0, 0.1) is 0 Å². The first-order valence-electron chi connectivity index (χ1n) is 11.6. The minimum atomic E-state index is -0.547. The molecule has 0 unspecified atom stereocenters. The van der Waals surface area contributed by atoms with E-state index in [1.807, 2.05) is 67.5 Å². The number of para-hydroxylation sites is 2. The number of carbonyl (C=O) groups is 2. The highest BCUT2D eigenvalue weighted by Gasteiger charge is 2.27. The molecule has 1 aliphatic rings. The van der Waals surface area contributed by atoms with Gasteiger partial charge in [-0.05, 0) is 43.9 Å². The van der Waals surface area contributed by atoms with Crippen molar-refractivity contribution in [2.24, 2.45) is 0 Å². The maximum Gasteiger partial charge on any atom is 0.292 e. The second kappa shape index (κ2) is 9.13. The van der Waals surface area contributed by atoms with Crippen LogP contribution >= 0.6 is 0 Å². The number of ketones is 1. The fourth-order valence-corrected chi connectivity index (χ4v) is 4.66. The molecular weight excluding hydrogens is 428 g/mol. The highest BCUT2D eigenvalue weighted by molar-refractivity contribution is 6.45. The Morgan fingerprint density at radius 2 is 1.59 bits per heavy atom. The van der Waals surface area contributed by atoms with Crippen LogP contribution in [0.3, 0.4) is 0 Å². The number of hydrogen-bond donors (Lipinski definition) is 3. The summed E-state index contributed by atoms with van der Waals surface area (Å²) in [5, 5.41) is 8.20. The van der Waals surface area contributed by atoms with Gasteiger partial charge in [-0.15, -0.1) is 0 Å². The molecule has 0 aliphatic heterocycles. The third-order valence-electron chi connectivity index (χ3n) is 6.44. The van der Waals surface area contributed by atoms with E-state index in [0.717, 1.165) is 53.3 Å². The summed E-state index contributed by atoms with van der Waals surface area (Å²) < 4.78 is 0. The van der Waals surface area contributed by atoms with Crippen LogP contribution < -0.4 is 15.5 Å². The third-order valence-corrected chi connectivity index (χ3v) is 6.44. The standard InChI is InChI=1S/C26H28N6O2/c1-32(2)24-19-8-4-6-10-22(19)30-26(31-24)29-17-13-11-16(12-14-17)28-25(34)23(33)20-15-27-21-9-5-3-7-18(20)21/h3-10,15-17,27H,11-14H2,1-2H3,(H,28,34)(H,29,30,31). The van der Waals surface area contributed by atoms with Gasteiger partial charge in [0.25, 0.3) is 11.7 Å². The predicted molar refractivity (Wildman–Crippen MR) is 134 cm³/mol. The molecule has 2 aromatic carbocycles. The van der Waals surface area contributed by atoms with Crippen LogP contribution in [0.2, 0.25) is 0 Å². The molecule has 4 aromatic rings. The van der Waals surface area contributed by atoms with Crippen molar-refractivity contribution >= 4 is 45.3 Å². The van der Waals surface area contributed by atoms with Gasteiger partial charge in [0.15, 0.2) is 0 Å². The van der Waals surface area contributed by atoms with Gasteiger partial charge < -0.3 is 20.5 Å². The smallest absolute Gasteiger partial charge is 0.292 e. The number of benzene rings is 2. The normalized spacial score (nSPS) is 18.1. The lowest BCUT2D eigenvalue weighted by Crippen LogP contribution is -2.43. The van der Waals surface area contributed by atoms with Crippen molar-refractivity contribution < 1.29 is 9.59 Å². The molecule has 8 nitrogen and oxygen atoms in total. The van der Waals surface area contributed by atoms with E-state index < -0.39 is 11.7 Å².